The van der Waals surface area contributed by atoms with Crippen molar-refractivity contribution in [3.63, 3.8) is 0 Å². The third-order valence-electron chi connectivity index (χ3n) is 3.60. The first-order valence-corrected chi connectivity index (χ1v) is 5.40. The number of rotatable bonds is 0. The summed E-state index contributed by atoms with van der Waals surface area (Å²) in [4.78, 5) is 0. The number of hydrogen-bond acceptors (Lipinski definition) is 2. The Morgan fingerprint density at radius 3 is 3.21 bits per heavy atom. The minimum Gasteiger partial charge on any atom is -0.512 e. The van der Waals surface area contributed by atoms with Gasteiger partial charge in [0.05, 0.1) is 5.76 Å². The van der Waals surface area contributed by atoms with Crippen LogP contribution in [-0.4, -0.2) is 17.7 Å². The van der Waals surface area contributed by atoms with Crippen molar-refractivity contribution in [3.05, 3.63) is 35.1 Å². The number of fused-ring (bicyclic) bond motifs is 2. The van der Waals surface area contributed by atoms with Crippen molar-refractivity contribution in [3.8, 4) is 0 Å². The van der Waals surface area contributed by atoms with Crippen LogP contribution < -0.4 is 5.32 Å². The number of allylic oxidation sites excluding steroid dienone is 4. The van der Waals surface area contributed by atoms with Gasteiger partial charge in [-0.15, -0.1) is 0 Å². The SMILES string of the molecule is OC1=CC=CC2=C3CCNC3CCC12. The van der Waals surface area contributed by atoms with E-state index >= 15 is 0 Å². The average molecular weight is 189 g/mol. The number of aliphatic hydroxyl groups excluding tert-OH is 1. The van der Waals surface area contributed by atoms with Crippen LogP contribution in [0.3, 0.4) is 0 Å². The molecule has 1 aliphatic heterocycles. The lowest BCUT2D eigenvalue weighted by Crippen LogP contribution is -2.29. The Labute approximate surface area is 84.0 Å². The van der Waals surface area contributed by atoms with E-state index in [9.17, 15) is 5.11 Å². The van der Waals surface area contributed by atoms with E-state index in [0.29, 0.717) is 17.7 Å². The second-order valence-electron chi connectivity index (χ2n) is 4.32. The van der Waals surface area contributed by atoms with Gasteiger partial charge in [-0.1, -0.05) is 12.2 Å². The van der Waals surface area contributed by atoms with Gasteiger partial charge in [-0.05, 0) is 43.0 Å². The van der Waals surface area contributed by atoms with Crippen molar-refractivity contribution in [1.82, 2.24) is 5.32 Å². The molecule has 0 saturated carbocycles. The molecule has 1 fully saturated rings. The lowest BCUT2D eigenvalue weighted by atomic mass is 9.77. The van der Waals surface area contributed by atoms with Crippen molar-refractivity contribution in [2.75, 3.05) is 6.54 Å². The van der Waals surface area contributed by atoms with E-state index in [1.807, 2.05) is 12.2 Å². The van der Waals surface area contributed by atoms with Crippen LogP contribution in [0.25, 0.3) is 0 Å². The summed E-state index contributed by atoms with van der Waals surface area (Å²) in [7, 11) is 0. The molecule has 2 heteroatoms. The first-order valence-electron chi connectivity index (χ1n) is 5.40. The molecule has 2 N–H and O–H groups in total. The summed E-state index contributed by atoms with van der Waals surface area (Å²) in [6.07, 6.45) is 9.40. The van der Waals surface area contributed by atoms with E-state index in [-0.39, 0.29) is 0 Å². The normalized spacial score (nSPS) is 35.3. The highest BCUT2D eigenvalue weighted by Gasteiger charge is 2.33. The predicted octanol–water partition coefficient (Wildman–Crippen LogP) is 2.07. The highest BCUT2D eigenvalue weighted by molar-refractivity contribution is 5.43. The second-order valence-corrected chi connectivity index (χ2v) is 4.32. The summed E-state index contributed by atoms with van der Waals surface area (Å²) < 4.78 is 0. The van der Waals surface area contributed by atoms with Crippen LogP contribution in [0, 0.1) is 5.92 Å². The van der Waals surface area contributed by atoms with Crippen LogP contribution >= 0.6 is 0 Å². The van der Waals surface area contributed by atoms with Crippen molar-refractivity contribution in [2.45, 2.75) is 25.3 Å². The molecule has 0 spiro atoms. The molecule has 0 aromatic rings. The van der Waals surface area contributed by atoms with E-state index in [1.165, 1.54) is 17.6 Å². The maximum Gasteiger partial charge on any atom is 0.0997 e. The number of nitrogens with one attached hydrogen (secondary N) is 1. The lowest BCUT2D eigenvalue weighted by molar-refractivity contribution is 0.324. The Kier molecular flexibility index (Phi) is 1.77. The number of aliphatic hydroxyl groups is 1. The van der Waals surface area contributed by atoms with Gasteiger partial charge in [0, 0.05) is 12.0 Å². The fourth-order valence-corrected chi connectivity index (χ4v) is 2.91. The maximum absolute atomic E-state index is 9.78. The van der Waals surface area contributed by atoms with Crippen LogP contribution in [0.1, 0.15) is 19.3 Å². The van der Waals surface area contributed by atoms with E-state index in [1.54, 1.807) is 0 Å². The summed E-state index contributed by atoms with van der Waals surface area (Å²) >= 11 is 0. The molecule has 14 heavy (non-hydrogen) atoms. The zero-order valence-corrected chi connectivity index (χ0v) is 8.16. The van der Waals surface area contributed by atoms with Crippen molar-refractivity contribution in [1.29, 1.82) is 0 Å². The van der Waals surface area contributed by atoms with E-state index in [2.05, 4.69) is 11.4 Å². The topological polar surface area (TPSA) is 32.3 Å². The Morgan fingerprint density at radius 2 is 2.29 bits per heavy atom. The van der Waals surface area contributed by atoms with Crippen LogP contribution in [0.15, 0.2) is 35.1 Å². The number of hydrogen-bond donors (Lipinski definition) is 2. The van der Waals surface area contributed by atoms with E-state index in [0.717, 1.165) is 19.4 Å². The van der Waals surface area contributed by atoms with Gasteiger partial charge >= 0.3 is 0 Å². The molecule has 2 aliphatic carbocycles. The highest BCUT2D eigenvalue weighted by Crippen LogP contribution is 2.39. The van der Waals surface area contributed by atoms with E-state index < -0.39 is 0 Å². The minimum absolute atomic E-state index is 0.297. The van der Waals surface area contributed by atoms with Crippen molar-refractivity contribution >= 4 is 0 Å². The first-order chi connectivity index (χ1) is 6.86. The van der Waals surface area contributed by atoms with Crippen LogP contribution in [0.5, 0.6) is 0 Å². The van der Waals surface area contributed by atoms with Crippen LogP contribution in [0.4, 0.5) is 0 Å². The molecule has 0 aromatic heterocycles. The van der Waals surface area contributed by atoms with Crippen molar-refractivity contribution in [2.24, 2.45) is 5.92 Å². The van der Waals surface area contributed by atoms with Gasteiger partial charge in [0.1, 0.15) is 0 Å². The third kappa shape index (κ3) is 1.07. The Hall–Kier alpha value is -1.02. The third-order valence-corrected chi connectivity index (χ3v) is 3.60. The molecule has 0 radical (unpaired) electrons. The average Bonchev–Trinajstić information content (AvgIpc) is 2.66. The quantitative estimate of drug-likeness (QED) is 0.611. The Balaban J connectivity index is 2.06. The minimum atomic E-state index is 0.297. The smallest absolute Gasteiger partial charge is 0.0997 e. The van der Waals surface area contributed by atoms with Gasteiger partial charge in [-0.2, -0.15) is 0 Å². The van der Waals surface area contributed by atoms with Crippen molar-refractivity contribution < 1.29 is 5.11 Å². The zero-order chi connectivity index (χ0) is 9.54. The second kappa shape index (κ2) is 2.99. The van der Waals surface area contributed by atoms with Gasteiger partial charge in [-0.3, -0.25) is 0 Å². The largest absolute Gasteiger partial charge is 0.512 e. The lowest BCUT2D eigenvalue weighted by Gasteiger charge is -2.30. The van der Waals surface area contributed by atoms with Gasteiger partial charge in [0.25, 0.3) is 0 Å². The fourth-order valence-electron chi connectivity index (χ4n) is 2.91. The summed E-state index contributed by atoms with van der Waals surface area (Å²) in [5.41, 5.74) is 2.92. The van der Waals surface area contributed by atoms with Gasteiger partial charge in [0.15, 0.2) is 0 Å². The zero-order valence-electron chi connectivity index (χ0n) is 8.16. The first kappa shape index (κ1) is 8.30. The fraction of sp³-hybridized carbons (Fsp3) is 0.500. The predicted molar refractivity (Wildman–Crippen MR) is 56.0 cm³/mol. The van der Waals surface area contributed by atoms with E-state index in [4.69, 9.17) is 0 Å². The molecule has 0 aromatic carbocycles. The molecule has 74 valence electrons. The molecule has 1 heterocycles. The molecular weight excluding hydrogens is 174 g/mol. The molecule has 2 atom stereocenters. The van der Waals surface area contributed by atoms with Crippen LogP contribution in [0.2, 0.25) is 0 Å². The molecule has 3 aliphatic rings. The molecule has 1 saturated heterocycles. The monoisotopic (exact) mass is 189 g/mol. The maximum atomic E-state index is 9.78. The highest BCUT2D eigenvalue weighted by atomic mass is 16.3. The standard InChI is InChI=1S/C12H15NO/c14-12-3-1-2-8-9-6-7-13-11(9)5-4-10(8)12/h1-3,10-11,13-14H,4-7H2. The summed E-state index contributed by atoms with van der Waals surface area (Å²) in [5, 5.41) is 13.3. The Bertz CT molecular complexity index is 351. The molecule has 0 bridgehead atoms. The molecule has 3 rings (SSSR count). The van der Waals surface area contributed by atoms with Gasteiger partial charge in [0.2, 0.25) is 0 Å². The molecule has 0 amide bonds. The summed E-state index contributed by atoms with van der Waals surface area (Å²) in [6, 6.07) is 0.594. The summed E-state index contributed by atoms with van der Waals surface area (Å²) in [5.74, 6) is 0.853. The molecular formula is C12H15NO. The van der Waals surface area contributed by atoms with Gasteiger partial charge < -0.3 is 10.4 Å². The van der Waals surface area contributed by atoms with Crippen LogP contribution in [-0.2, 0) is 0 Å². The molecule has 2 nitrogen and oxygen atoms in total. The molecule has 2 unspecified atom stereocenters. The Morgan fingerprint density at radius 1 is 1.36 bits per heavy atom. The summed E-state index contributed by atoms with van der Waals surface area (Å²) in [6.45, 7) is 1.11. The van der Waals surface area contributed by atoms with Gasteiger partial charge in [-0.25, -0.2) is 0 Å².